The average Bonchev–Trinajstić information content (AvgIpc) is 2.69. The van der Waals surface area contributed by atoms with Crippen LogP contribution in [0.5, 0.6) is 0 Å². The third kappa shape index (κ3) is 1.79. The van der Waals surface area contributed by atoms with Crippen LogP contribution in [-0.4, -0.2) is 15.9 Å². The van der Waals surface area contributed by atoms with E-state index in [2.05, 4.69) is 25.9 Å². The summed E-state index contributed by atoms with van der Waals surface area (Å²) in [6.07, 6.45) is 1.54. The highest BCUT2D eigenvalue weighted by molar-refractivity contribution is 9.10. The first-order valence-electron chi connectivity index (χ1n) is 5.24. The van der Waals surface area contributed by atoms with Crippen LogP contribution in [0.3, 0.4) is 0 Å². The molecule has 1 aliphatic heterocycles. The van der Waals surface area contributed by atoms with E-state index in [1.54, 1.807) is 11.0 Å². The van der Waals surface area contributed by atoms with Gasteiger partial charge in [-0.25, -0.2) is 9.97 Å². The van der Waals surface area contributed by atoms with Crippen LogP contribution in [0.1, 0.15) is 15.9 Å². The first-order valence-corrected chi connectivity index (χ1v) is 6.42. The van der Waals surface area contributed by atoms with Gasteiger partial charge in [-0.15, -0.1) is 0 Å². The van der Waals surface area contributed by atoms with Gasteiger partial charge in [0.1, 0.15) is 5.82 Å². The van der Waals surface area contributed by atoms with E-state index in [1.165, 1.54) is 6.20 Å². The quantitative estimate of drug-likeness (QED) is 0.757. The minimum absolute atomic E-state index is 0.0685. The summed E-state index contributed by atoms with van der Waals surface area (Å²) >= 11 is 9.20. The molecule has 0 bridgehead atoms. The highest BCUT2D eigenvalue weighted by atomic mass is 79.9. The molecule has 6 heteroatoms. The van der Waals surface area contributed by atoms with Crippen molar-refractivity contribution in [1.82, 2.24) is 9.97 Å². The molecule has 18 heavy (non-hydrogen) atoms. The zero-order chi connectivity index (χ0) is 12.7. The van der Waals surface area contributed by atoms with E-state index in [4.69, 9.17) is 11.6 Å². The van der Waals surface area contributed by atoms with Crippen LogP contribution in [0.4, 0.5) is 5.82 Å². The number of amides is 1. The first kappa shape index (κ1) is 11.6. The highest BCUT2D eigenvalue weighted by Gasteiger charge is 2.30. The molecule has 1 aromatic carbocycles. The summed E-state index contributed by atoms with van der Waals surface area (Å²) in [6.45, 7) is 0.489. The summed E-state index contributed by atoms with van der Waals surface area (Å²) in [5.74, 6) is 0.448. The third-order valence-corrected chi connectivity index (χ3v) is 3.72. The summed E-state index contributed by atoms with van der Waals surface area (Å²) in [7, 11) is 0. The maximum atomic E-state index is 12.3. The van der Waals surface area contributed by atoms with E-state index in [9.17, 15) is 4.79 Å². The lowest BCUT2D eigenvalue weighted by Crippen LogP contribution is -2.24. The van der Waals surface area contributed by atoms with Gasteiger partial charge in [0.15, 0.2) is 0 Å². The number of halogens is 2. The third-order valence-electron chi connectivity index (χ3n) is 2.80. The SMILES string of the molecule is O=C1c2cccc(Br)c2CN1c1ccnc(Cl)n1. The number of hydrogen-bond donors (Lipinski definition) is 0. The number of carbonyl (C=O) groups is 1. The standard InChI is InChI=1S/C12H7BrClN3O/c13-9-3-1-2-7-8(9)6-17(11(7)18)10-4-5-15-12(14)16-10/h1-5H,6H2. The van der Waals surface area contributed by atoms with Crippen molar-refractivity contribution < 1.29 is 4.79 Å². The second kappa shape index (κ2) is 4.33. The van der Waals surface area contributed by atoms with Crippen LogP contribution in [0, 0.1) is 0 Å². The molecule has 0 radical (unpaired) electrons. The highest BCUT2D eigenvalue weighted by Crippen LogP contribution is 2.31. The topological polar surface area (TPSA) is 46.1 Å². The Morgan fingerprint density at radius 2 is 2.17 bits per heavy atom. The van der Waals surface area contributed by atoms with Crippen molar-refractivity contribution in [3.8, 4) is 0 Å². The fraction of sp³-hybridized carbons (Fsp3) is 0.0833. The molecule has 0 unspecified atom stereocenters. The summed E-state index contributed by atoms with van der Waals surface area (Å²) in [5.41, 5.74) is 1.66. The molecule has 0 spiro atoms. The molecule has 1 aliphatic rings. The van der Waals surface area contributed by atoms with Crippen molar-refractivity contribution in [3.63, 3.8) is 0 Å². The number of carbonyl (C=O) groups excluding carboxylic acids is 1. The summed E-state index contributed by atoms with van der Waals surface area (Å²) < 4.78 is 0.927. The fourth-order valence-electron chi connectivity index (χ4n) is 1.96. The Balaban J connectivity index is 2.05. The second-order valence-corrected chi connectivity index (χ2v) is 5.03. The molecule has 0 fully saturated rings. The number of aromatic nitrogens is 2. The van der Waals surface area contributed by atoms with Crippen molar-refractivity contribution in [3.05, 3.63) is 51.3 Å². The number of benzene rings is 1. The zero-order valence-corrected chi connectivity index (χ0v) is 11.4. The molecule has 3 rings (SSSR count). The van der Waals surface area contributed by atoms with Gasteiger partial charge in [-0.3, -0.25) is 9.69 Å². The molecule has 0 atom stereocenters. The molecule has 0 saturated heterocycles. The number of rotatable bonds is 1. The molecule has 1 aromatic heterocycles. The van der Waals surface area contributed by atoms with Gasteiger partial charge < -0.3 is 0 Å². The van der Waals surface area contributed by atoms with E-state index >= 15 is 0 Å². The van der Waals surface area contributed by atoms with E-state index in [-0.39, 0.29) is 11.2 Å². The second-order valence-electron chi connectivity index (χ2n) is 3.84. The minimum Gasteiger partial charge on any atom is -0.288 e. The Bertz CT molecular complexity index is 647. The number of fused-ring (bicyclic) bond motifs is 1. The molecule has 0 N–H and O–H groups in total. The Morgan fingerprint density at radius 3 is 2.89 bits per heavy atom. The Morgan fingerprint density at radius 1 is 1.33 bits per heavy atom. The van der Waals surface area contributed by atoms with Crippen LogP contribution in [0.15, 0.2) is 34.9 Å². The maximum absolute atomic E-state index is 12.3. The van der Waals surface area contributed by atoms with Gasteiger partial charge in [0.2, 0.25) is 5.28 Å². The normalized spacial score (nSPS) is 13.9. The Kier molecular flexibility index (Phi) is 2.80. The van der Waals surface area contributed by atoms with Crippen LogP contribution in [-0.2, 0) is 6.54 Å². The molecule has 4 nitrogen and oxygen atoms in total. The van der Waals surface area contributed by atoms with Crippen molar-refractivity contribution in [1.29, 1.82) is 0 Å². The average molecular weight is 325 g/mol. The minimum atomic E-state index is -0.0685. The predicted octanol–water partition coefficient (Wildman–Crippen LogP) is 3.05. The van der Waals surface area contributed by atoms with Gasteiger partial charge in [-0.2, -0.15) is 0 Å². The molecule has 90 valence electrons. The van der Waals surface area contributed by atoms with Crippen LogP contribution in [0.2, 0.25) is 5.28 Å². The van der Waals surface area contributed by atoms with E-state index in [0.717, 1.165) is 10.0 Å². The van der Waals surface area contributed by atoms with Crippen LogP contribution < -0.4 is 4.90 Å². The lowest BCUT2D eigenvalue weighted by molar-refractivity contribution is 0.0996. The van der Waals surface area contributed by atoms with Crippen molar-refractivity contribution in [2.24, 2.45) is 0 Å². The molecule has 2 heterocycles. The summed E-state index contributed by atoms with van der Waals surface area (Å²) in [4.78, 5) is 21.7. The number of nitrogens with zero attached hydrogens (tertiary/aromatic N) is 3. The monoisotopic (exact) mass is 323 g/mol. The predicted molar refractivity (Wildman–Crippen MR) is 71.7 cm³/mol. The molecule has 0 aliphatic carbocycles. The van der Waals surface area contributed by atoms with Gasteiger partial charge >= 0.3 is 0 Å². The van der Waals surface area contributed by atoms with Gasteiger partial charge in [-0.05, 0) is 35.4 Å². The van der Waals surface area contributed by atoms with E-state index in [0.29, 0.717) is 17.9 Å². The van der Waals surface area contributed by atoms with E-state index in [1.807, 2.05) is 18.2 Å². The zero-order valence-electron chi connectivity index (χ0n) is 9.10. The van der Waals surface area contributed by atoms with Crippen LogP contribution >= 0.6 is 27.5 Å². The lowest BCUT2D eigenvalue weighted by Gasteiger charge is -2.13. The molecule has 1 amide bonds. The van der Waals surface area contributed by atoms with E-state index < -0.39 is 0 Å². The van der Waals surface area contributed by atoms with Crippen LogP contribution in [0.25, 0.3) is 0 Å². The number of hydrogen-bond acceptors (Lipinski definition) is 3. The van der Waals surface area contributed by atoms with Gasteiger partial charge in [0, 0.05) is 16.2 Å². The van der Waals surface area contributed by atoms with Gasteiger partial charge in [0.05, 0.1) is 6.54 Å². The molecular weight excluding hydrogens is 318 g/mol. The molecule has 2 aromatic rings. The van der Waals surface area contributed by atoms with Gasteiger partial charge in [0.25, 0.3) is 5.91 Å². The smallest absolute Gasteiger partial charge is 0.260 e. The Labute approximate surface area is 117 Å². The molecule has 0 saturated carbocycles. The van der Waals surface area contributed by atoms with Gasteiger partial charge in [-0.1, -0.05) is 22.0 Å². The largest absolute Gasteiger partial charge is 0.288 e. The first-order chi connectivity index (χ1) is 8.66. The number of anilines is 1. The van der Waals surface area contributed by atoms with Crippen molar-refractivity contribution in [2.75, 3.05) is 4.90 Å². The Hall–Kier alpha value is -1.46. The summed E-state index contributed by atoms with van der Waals surface area (Å²) in [6, 6.07) is 7.24. The lowest BCUT2D eigenvalue weighted by atomic mass is 10.1. The summed E-state index contributed by atoms with van der Waals surface area (Å²) in [5, 5.41) is 0.135. The van der Waals surface area contributed by atoms with Crippen molar-refractivity contribution >= 4 is 39.3 Å². The molecular formula is C12H7BrClN3O. The van der Waals surface area contributed by atoms with Crippen molar-refractivity contribution in [2.45, 2.75) is 6.54 Å². The fourth-order valence-corrected chi connectivity index (χ4v) is 2.59. The maximum Gasteiger partial charge on any atom is 0.260 e.